The van der Waals surface area contributed by atoms with Crippen molar-refractivity contribution in [3.05, 3.63) is 0 Å². The van der Waals surface area contributed by atoms with Crippen LogP contribution in [0.5, 0.6) is 0 Å². The van der Waals surface area contributed by atoms with Crippen molar-refractivity contribution in [3.63, 3.8) is 0 Å². The molecule has 1 unspecified atom stereocenters. The lowest BCUT2D eigenvalue weighted by atomic mass is 10.4. The fourth-order valence-electron chi connectivity index (χ4n) is 0.474. The second-order valence-electron chi connectivity index (χ2n) is 2.16. The third-order valence-corrected chi connectivity index (χ3v) is 1.44. The Morgan fingerprint density at radius 2 is 2.20 bits per heavy atom. The van der Waals surface area contributed by atoms with Gasteiger partial charge in [0.1, 0.15) is 0 Å². The maximum atomic E-state index is 5.44. The summed E-state index contributed by atoms with van der Waals surface area (Å²) in [6.45, 7) is 3.37. The second kappa shape index (κ2) is 7.32. The Labute approximate surface area is 67.5 Å². The Morgan fingerprint density at radius 1 is 1.50 bits per heavy atom. The van der Waals surface area contributed by atoms with E-state index in [-0.39, 0.29) is 6.10 Å². The highest BCUT2D eigenvalue weighted by atomic mass is 35.5. The van der Waals surface area contributed by atoms with Crippen LogP contribution in [0.1, 0.15) is 13.3 Å². The van der Waals surface area contributed by atoms with E-state index in [1.807, 2.05) is 6.92 Å². The summed E-state index contributed by atoms with van der Waals surface area (Å²) in [7, 11) is 1.68. The average molecular weight is 167 g/mol. The molecule has 0 aromatic carbocycles. The van der Waals surface area contributed by atoms with Crippen molar-refractivity contribution in [3.8, 4) is 0 Å². The molecule has 0 aliphatic carbocycles. The largest absolute Gasteiger partial charge is 0.379 e. The molecule has 0 amide bonds. The number of alkyl halides is 1. The Kier molecular flexibility index (Phi) is 7.47. The van der Waals surface area contributed by atoms with Crippen molar-refractivity contribution in [2.75, 3.05) is 26.2 Å². The quantitative estimate of drug-likeness (QED) is 0.442. The highest BCUT2D eigenvalue weighted by Crippen LogP contribution is 1.91. The van der Waals surface area contributed by atoms with E-state index in [2.05, 4.69) is 0 Å². The van der Waals surface area contributed by atoms with Crippen LogP contribution in [-0.4, -0.2) is 32.3 Å². The van der Waals surface area contributed by atoms with E-state index in [1.165, 1.54) is 0 Å². The molecule has 2 nitrogen and oxygen atoms in total. The third kappa shape index (κ3) is 6.33. The highest BCUT2D eigenvalue weighted by molar-refractivity contribution is 6.17. The highest BCUT2D eigenvalue weighted by Gasteiger charge is 1.97. The van der Waals surface area contributed by atoms with Gasteiger partial charge in [-0.25, -0.2) is 0 Å². The number of ether oxygens (including phenoxy) is 2. The zero-order chi connectivity index (χ0) is 7.82. The van der Waals surface area contributed by atoms with Gasteiger partial charge in [-0.2, -0.15) is 0 Å². The van der Waals surface area contributed by atoms with Crippen LogP contribution >= 0.6 is 11.6 Å². The molecule has 10 heavy (non-hydrogen) atoms. The fourth-order valence-corrected chi connectivity index (χ4v) is 0.583. The molecule has 3 heteroatoms. The smallest absolute Gasteiger partial charge is 0.0776 e. The monoisotopic (exact) mass is 166 g/mol. The molecule has 0 aromatic rings. The molecular formula is C7H15ClO2. The summed E-state index contributed by atoms with van der Waals surface area (Å²) in [6, 6.07) is 0. The summed E-state index contributed by atoms with van der Waals surface area (Å²) in [4.78, 5) is 0. The molecule has 0 bridgehead atoms. The van der Waals surface area contributed by atoms with E-state index in [9.17, 15) is 0 Å². The predicted molar refractivity (Wildman–Crippen MR) is 42.6 cm³/mol. The molecule has 0 fully saturated rings. The van der Waals surface area contributed by atoms with E-state index in [1.54, 1.807) is 7.11 Å². The number of hydrogen-bond acceptors (Lipinski definition) is 2. The van der Waals surface area contributed by atoms with Crippen molar-refractivity contribution >= 4 is 11.6 Å². The van der Waals surface area contributed by atoms with Crippen molar-refractivity contribution in [1.29, 1.82) is 0 Å². The van der Waals surface area contributed by atoms with Gasteiger partial charge in [0, 0.05) is 19.6 Å². The van der Waals surface area contributed by atoms with E-state index in [0.29, 0.717) is 12.5 Å². The van der Waals surface area contributed by atoms with Gasteiger partial charge in [-0.05, 0) is 13.3 Å². The van der Waals surface area contributed by atoms with Crippen molar-refractivity contribution in [2.45, 2.75) is 19.4 Å². The van der Waals surface area contributed by atoms with Gasteiger partial charge in [-0.3, -0.25) is 0 Å². The molecule has 0 aromatic heterocycles. The van der Waals surface area contributed by atoms with Crippen LogP contribution < -0.4 is 0 Å². The topological polar surface area (TPSA) is 18.5 Å². The summed E-state index contributed by atoms with van der Waals surface area (Å²) >= 11 is 5.44. The first-order chi connectivity index (χ1) is 4.81. The minimum absolute atomic E-state index is 0.190. The zero-order valence-corrected chi connectivity index (χ0v) is 7.36. The predicted octanol–water partition coefficient (Wildman–Crippen LogP) is 1.67. The van der Waals surface area contributed by atoms with Crippen LogP contribution in [0.4, 0.5) is 0 Å². The first kappa shape index (κ1) is 10.2. The van der Waals surface area contributed by atoms with Crippen molar-refractivity contribution in [1.82, 2.24) is 0 Å². The van der Waals surface area contributed by atoms with E-state index >= 15 is 0 Å². The molecule has 0 N–H and O–H groups in total. The first-order valence-electron chi connectivity index (χ1n) is 3.47. The van der Waals surface area contributed by atoms with Gasteiger partial charge in [0.15, 0.2) is 0 Å². The second-order valence-corrected chi connectivity index (χ2v) is 2.54. The van der Waals surface area contributed by atoms with Crippen LogP contribution in [-0.2, 0) is 9.47 Å². The van der Waals surface area contributed by atoms with Crippen molar-refractivity contribution in [2.24, 2.45) is 0 Å². The molecule has 0 rings (SSSR count). The van der Waals surface area contributed by atoms with Crippen LogP contribution in [0, 0.1) is 0 Å². The summed E-state index contributed by atoms with van der Waals surface area (Å²) in [5.41, 5.74) is 0. The van der Waals surface area contributed by atoms with Gasteiger partial charge in [0.25, 0.3) is 0 Å². The van der Waals surface area contributed by atoms with Gasteiger partial charge < -0.3 is 9.47 Å². The van der Waals surface area contributed by atoms with Gasteiger partial charge in [-0.15, -0.1) is 11.6 Å². The lowest BCUT2D eigenvalue weighted by Crippen LogP contribution is -2.14. The summed E-state index contributed by atoms with van der Waals surface area (Å²) < 4.78 is 10.2. The standard InChI is InChI=1S/C7H15ClO2/c1-7(9-2)6-10-5-3-4-8/h7H,3-6H2,1-2H3. The van der Waals surface area contributed by atoms with Gasteiger partial charge in [0.2, 0.25) is 0 Å². The summed E-state index contributed by atoms with van der Waals surface area (Å²) in [5.74, 6) is 0.668. The van der Waals surface area contributed by atoms with Gasteiger partial charge in [-0.1, -0.05) is 0 Å². The van der Waals surface area contributed by atoms with Crippen molar-refractivity contribution < 1.29 is 9.47 Å². The lowest BCUT2D eigenvalue weighted by molar-refractivity contribution is 0.0190. The molecule has 0 aliphatic heterocycles. The Morgan fingerprint density at radius 3 is 2.70 bits per heavy atom. The number of hydrogen-bond donors (Lipinski definition) is 0. The lowest BCUT2D eigenvalue weighted by Gasteiger charge is -2.08. The third-order valence-electron chi connectivity index (χ3n) is 1.18. The summed E-state index contributed by atoms with van der Waals surface area (Å²) in [5, 5.41) is 0. The number of rotatable bonds is 6. The molecular weight excluding hydrogens is 152 g/mol. The molecule has 0 radical (unpaired) electrons. The number of halogens is 1. The normalized spacial score (nSPS) is 13.5. The van der Waals surface area contributed by atoms with Crippen LogP contribution in [0.15, 0.2) is 0 Å². The van der Waals surface area contributed by atoms with E-state index < -0.39 is 0 Å². The SMILES string of the molecule is COC(C)COCCCCl. The Balaban J connectivity index is 2.89. The van der Waals surface area contributed by atoms with Gasteiger partial charge >= 0.3 is 0 Å². The van der Waals surface area contributed by atoms with Gasteiger partial charge in [0.05, 0.1) is 12.7 Å². The molecule has 0 aliphatic rings. The zero-order valence-electron chi connectivity index (χ0n) is 6.60. The van der Waals surface area contributed by atoms with Crippen LogP contribution in [0.2, 0.25) is 0 Å². The minimum atomic E-state index is 0.190. The van der Waals surface area contributed by atoms with Crippen LogP contribution in [0.3, 0.4) is 0 Å². The molecule has 0 saturated heterocycles. The molecule has 62 valence electrons. The summed E-state index contributed by atoms with van der Waals surface area (Å²) in [6.07, 6.45) is 1.10. The number of methoxy groups -OCH3 is 1. The fraction of sp³-hybridized carbons (Fsp3) is 1.00. The van der Waals surface area contributed by atoms with Crippen LogP contribution in [0.25, 0.3) is 0 Å². The minimum Gasteiger partial charge on any atom is -0.379 e. The maximum absolute atomic E-state index is 5.44. The van der Waals surface area contributed by atoms with E-state index in [4.69, 9.17) is 21.1 Å². The Bertz CT molecular complexity index is 68.6. The molecule has 1 atom stereocenters. The first-order valence-corrected chi connectivity index (χ1v) is 4.01. The molecule has 0 heterocycles. The molecule has 0 spiro atoms. The van der Waals surface area contributed by atoms with E-state index in [0.717, 1.165) is 13.0 Å². The average Bonchev–Trinajstić information content (AvgIpc) is 1.98. The maximum Gasteiger partial charge on any atom is 0.0776 e. The molecule has 0 saturated carbocycles. The Hall–Kier alpha value is 0.210.